The monoisotopic (exact) mass is 917 g/mol. The Morgan fingerprint density at radius 3 is 1.83 bits per heavy atom. The minimum absolute atomic E-state index is 0.0472. The molecule has 336 valence electrons. The molecule has 13 nitrogen and oxygen atoms in total. The molecule has 3 heterocycles. The number of hydrogen-bond acceptors (Lipinski definition) is 12. The first-order valence-electron chi connectivity index (χ1n) is 20.8. The van der Waals surface area contributed by atoms with Crippen molar-refractivity contribution < 1.29 is 39.1 Å². The Labute approximate surface area is 387 Å². The van der Waals surface area contributed by atoms with Gasteiger partial charge in [0.05, 0.1) is 22.8 Å². The molecule has 0 spiro atoms. The third-order valence-electron chi connectivity index (χ3n) is 10.9. The fourth-order valence-corrected chi connectivity index (χ4v) is 7.74. The van der Waals surface area contributed by atoms with Crippen molar-refractivity contribution in [2.75, 3.05) is 7.05 Å². The number of aromatic nitrogens is 2. The van der Waals surface area contributed by atoms with Crippen molar-refractivity contribution in [3.63, 3.8) is 0 Å². The topological polar surface area (TPSA) is 177 Å². The first-order valence-corrected chi connectivity index (χ1v) is 21.6. The molecule has 2 aromatic heterocycles. The number of carboxylic acids is 1. The Kier molecular flexibility index (Phi) is 15.5. The predicted molar refractivity (Wildman–Crippen MR) is 251 cm³/mol. The number of carboxylic acid groups (broad SMARTS) is 1. The average Bonchev–Trinajstić information content (AvgIpc) is 4.15. The molecular weight excluding hydrogens is 869 g/mol. The number of aliphatic hydroxyl groups excluding tert-OH is 2. The lowest BCUT2D eigenvalue weighted by atomic mass is 9.92. The first kappa shape index (κ1) is 46.6. The molecule has 0 saturated heterocycles. The molecule has 7 rings (SSSR count). The minimum Gasteiger partial charge on any atom is -0.488 e. The Bertz CT molecular complexity index is 2720. The van der Waals surface area contributed by atoms with Crippen molar-refractivity contribution in [1.29, 1.82) is 0 Å². The van der Waals surface area contributed by atoms with E-state index in [1.54, 1.807) is 62.3 Å². The number of ether oxygens (including phenoxy) is 4. The second kappa shape index (κ2) is 21.6. The molecule has 0 saturated carbocycles. The highest BCUT2D eigenvalue weighted by Crippen LogP contribution is 2.37. The normalized spacial score (nSPS) is 14.0. The summed E-state index contributed by atoms with van der Waals surface area (Å²) in [4.78, 5) is 28.7. The van der Waals surface area contributed by atoms with E-state index in [4.69, 9.17) is 42.1 Å². The van der Waals surface area contributed by atoms with Gasteiger partial charge in [-0.15, -0.1) is 0 Å². The molecule has 1 aliphatic rings. The highest BCUT2D eigenvalue weighted by atomic mass is 35.5. The van der Waals surface area contributed by atoms with Gasteiger partial charge in [-0.05, 0) is 78.4 Å². The van der Waals surface area contributed by atoms with Gasteiger partial charge in [-0.25, -0.2) is 0 Å². The Morgan fingerprint density at radius 1 is 0.754 bits per heavy atom. The van der Waals surface area contributed by atoms with Crippen molar-refractivity contribution in [3.05, 3.63) is 163 Å². The summed E-state index contributed by atoms with van der Waals surface area (Å²) >= 11 is 13.5. The van der Waals surface area contributed by atoms with E-state index < -0.39 is 18.1 Å². The van der Waals surface area contributed by atoms with Crippen molar-refractivity contribution in [2.24, 2.45) is 9.98 Å². The van der Waals surface area contributed by atoms with E-state index in [0.29, 0.717) is 44.2 Å². The quantitative estimate of drug-likeness (QED) is 0.0507. The number of carbonyl (C=O) groups is 1. The van der Waals surface area contributed by atoms with Crippen molar-refractivity contribution in [3.8, 4) is 34.1 Å². The summed E-state index contributed by atoms with van der Waals surface area (Å²) in [5.41, 5.74) is 10.6. The molecule has 15 heteroatoms. The molecular formula is C50H49Cl2N5O8. The van der Waals surface area contributed by atoms with E-state index in [1.807, 2.05) is 49.5 Å². The molecule has 0 amide bonds. The van der Waals surface area contributed by atoms with Gasteiger partial charge in [-0.2, -0.15) is 0 Å². The standard InChI is InChI=1S/C50H49Cl2N5O8/c1-29-35(27-64-47-15-45(62-25-33-11-32(17-53-4)18-54-19-33)38(13-42(47)51)22-57-49(31(3)59)50(60)61)7-5-9-40(29)41-10-6-8-36(30(41)2)28-65-48-16-46(39(24-58)14-43(48)52)63-26-34-12-37(21-55-20-34)44-23-56-44/h5-21,23,31,44,49,57-59H,22,24-28H2,1-4H3,(H,60,61)/t31-,44?,49+/m1/s1. The zero-order valence-corrected chi connectivity index (χ0v) is 37.8. The van der Waals surface area contributed by atoms with Crippen LogP contribution in [0.15, 0.2) is 108 Å². The number of benzene rings is 4. The Balaban J connectivity index is 1.06. The molecule has 6 aromatic rings. The van der Waals surface area contributed by atoms with Crippen LogP contribution in [0.25, 0.3) is 11.1 Å². The van der Waals surface area contributed by atoms with Crippen molar-refractivity contribution in [2.45, 2.75) is 78.5 Å². The summed E-state index contributed by atoms with van der Waals surface area (Å²) in [5, 5.41) is 33.4. The van der Waals surface area contributed by atoms with Crippen LogP contribution in [-0.2, 0) is 44.4 Å². The number of aliphatic hydroxyl groups is 2. The fourth-order valence-electron chi connectivity index (χ4n) is 7.25. The Hall–Kier alpha value is -6.35. The van der Waals surface area contributed by atoms with Crippen LogP contribution in [0.4, 0.5) is 0 Å². The number of aliphatic carboxylic acids is 1. The zero-order valence-electron chi connectivity index (χ0n) is 36.3. The molecule has 1 aliphatic heterocycles. The summed E-state index contributed by atoms with van der Waals surface area (Å²) in [6.45, 7) is 6.10. The van der Waals surface area contributed by atoms with Gasteiger partial charge in [0, 0.05) is 96.3 Å². The highest BCUT2D eigenvalue weighted by molar-refractivity contribution is 6.32. The van der Waals surface area contributed by atoms with Crippen molar-refractivity contribution >= 4 is 41.6 Å². The number of nitrogens with one attached hydrogen (secondary N) is 1. The molecule has 0 fully saturated rings. The number of halogens is 2. The third-order valence-corrected chi connectivity index (χ3v) is 11.5. The van der Waals surface area contributed by atoms with Gasteiger partial charge in [0.25, 0.3) is 0 Å². The first-order chi connectivity index (χ1) is 31.4. The van der Waals surface area contributed by atoms with Crippen LogP contribution in [0, 0.1) is 13.8 Å². The van der Waals surface area contributed by atoms with E-state index in [-0.39, 0.29) is 45.6 Å². The smallest absolute Gasteiger partial charge is 0.323 e. The summed E-state index contributed by atoms with van der Waals surface area (Å²) < 4.78 is 25.1. The fraction of sp³-hybridized carbons (Fsp3) is 0.260. The van der Waals surface area contributed by atoms with Crippen LogP contribution in [0.5, 0.6) is 23.0 Å². The SMILES string of the molecule is CN=Cc1cncc(COc2cc(OCc3cccc(-c4cccc(COc5cc(OCc6cncc(C7C=N7)c6)c(CO)cc5Cl)c4C)c3C)c(Cl)cc2CN[C@H](C(=O)O)[C@@H](C)O)c1. The molecule has 0 bridgehead atoms. The van der Waals surface area contributed by atoms with Gasteiger partial charge >= 0.3 is 5.97 Å². The number of pyridine rings is 2. The molecule has 65 heavy (non-hydrogen) atoms. The van der Waals surface area contributed by atoms with Crippen LogP contribution in [0.1, 0.15) is 68.6 Å². The van der Waals surface area contributed by atoms with E-state index in [1.165, 1.54) is 6.92 Å². The van der Waals surface area contributed by atoms with Crippen LogP contribution >= 0.6 is 23.2 Å². The third kappa shape index (κ3) is 11.9. The molecule has 4 N–H and O–H groups in total. The predicted octanol–water partition coefficient (Wildman–Crippen LogP) is 8.97. The minimum atomic E-state index is -1.21. The lowest BCUT2D eigenvalue weighted by molar-refractivity contribution is -0.142. The molecule has 3 atom stereocenters. The van der Waals surface area contributed by atoms with E-state index >= 15 is 0 Å². The van der Waals surface area contributed by atoms with Crippen LogP contribution < -0.4 is 24.3 Å². The largest absolute Gasteiger partial charge is 0.488 e. The highest BCUT2D eigenvalue weighted by Gasteiger charge is 2.24. The van der Waals surface area contributed by atoms with Gasteiger partial charge in [-0.3, -0.25) is 30.1 Å². The van der Waals surface area contributed by atoms with E-state index in [9.17, 15) is 20.1 Å². The van der Waals surface area contributed by atoms with Crippen LogP contribution in [0.2, 0.25) is 10.0 Å². The average molecular weight is 919 g/mol. The van der Waals surface area contributed by atoms with Crippen LogP contribution in [-0.4, -0.2) is 62.9 Å². The van der Waals surface area contributed by atoms with Gasteiger partial charge in [0.1, 0.15) is 61.5 Å². The summed E-state index contributed by atoms with van der Waals surface area (Å²) in [6, 6.07) is 21.6. The number of hydrogen-bond donors (Lipinski definition) is 4. The van der Waals surface area contributed by atoms with Gasteiger partial charge in [0.15, 0.2) is 0 Å². The van der Waals surface area contributed by atoms with Crippen molar-refractivity contribution in [1.82, 2.24) is 15.3 Å². The number of rotatable bonds is 21. The maximum Gasteiger partial charge on any atom is 0.323 e. The van der Waals surface area contributed by atoms with Gasteiger partial charge in [0.2, 0.25) is 0 Å². The molecule has 0 radical (unpaired) electrons. The molecule has 4 aromatic carbocycles. The second-order valence-electron chi connectivity index (χ2n) is 15.6. The molecule has 0 aliphatic carbocycles. The number of nitrogens with zero attached hydrogens (tertiary/aromatic N) is 4. The molecule has 1 unspecified atom stereocenters. The maximum atomic E-state index is 11.8. The van der Waals surface area contributed by atoms with E-state index in [0.717, 1.165) is 55.6 Å². The maximum absolute atomic E-state index is 11.8. The van der Waals surface area contributed by atoms with Gasteiger partial charge in [-0.1, -0.05) is 59.6 Å². The van der Waals surface area contributed by atoms with E-state index in [2.05, 4.69) is 44.3 Å². The summed E-state index contributed by atoms with van der Waals surface area (Å²) in [6.07, 6.45) is 9.33. The lowest BCUT2D eigenvalue weighted by Crippen LogP contribution is -2.44. The van der Waals surface area contributed by atoms with Crippen LogP contribution in [0.3, 0.4) is 0 Å². The van der Waals surface area contributed by atoms with Gasteiger partial charge < -0.3 is 34.3 Å². The second-order valence-corrected chi connectivity index (χ2v) is 16.4. The number of aliphatic imine (C=N–C) groups is 2. The summed E-state index contributed by atoms with van der Waals surface area (Å²) in [7, 11) is 1.68. The Morgan fingerprint density at radius 2 is 1.29 bits per heavy atom. The summed E-state index contributed by atoms with van der Waals surface area (Å²) in [5.74, 6) is 0.481. The lowest BCUT2D eigenvalue weighted by Gasteiger charge is -2.20. The zero-order chi connectivity index (χ0) is 46.0.